The number of aliphatic carboxylic acids is 1. The van der Waals surface area contributed by atoms with Crippen molar-refractivity contribution < 1.29 is 14.7 Å². The fourth-order valence-corrected chi connectivity index (χ4v) is 2.48. The highest BCUT2D eigenvalue weighted by molar-refractivity contribution is 9.10. The van der Waals surface area contributed by atoms with Gasteiger partial charge in [0.2, 0.25) is 5.91 Å². The molecular formula is C12H13BrN2O3. The third-order valence-electron chi connectivity index (χ3n) is 3.13. The SMILES string of the molecule is CN1C(=O)C(CC(=O)O)N(C)c2ccc(Br)cc21. The van der Waals surface area contributed by atoms with Crippen LogP contribution in [0.15, 0.2) is 22.7 Å². The molecule has 1 unspecified atom stereocenters. The number of carbonyl (C=O) groups excluding carboxylic acids is 1. The summed E-state index contributed by atoms with van der Waals surface area (Å²) in [6.07, 6.45) is -0.199. The number of fused-ring (bicyclic) bond motifs is 1. The Morgan fingerprint density at radius 1 is 1.39 bits per heavy atom. The van der Waals surface area contributed by atoms with Gasteiger partial charge < -0.3 is 14.9 Å². The number of halogens is 1. The molecule has 6 heteroatoms. The van der Waals surface area contributed by atoms with E-state index < -0.39 is 12.0 Å². The monoisotopic (exact) mass is 312 g/mol. The van der Waals surface area contributed by atoms with E-state index >= 15 is 0 Å². The summed E-state index contributed by atoms with van der Waals surface area (Å²) in [5, 5.41) is 8.87. The first-order valence-electron chi connectivity index (χ1n) is 5.43. The number of nitrogens with zero attached hydrogens (tertiary/aromatic N) is 2. The maximum atomic E-state index is 12.2. The first-order valence-corrected chi connectivity index (χ1v) is 6.23. The van der Waals surface area contributed by atoms with E-state index in [2.05, 4.69) is 15.9 Å². The van der Waals surface area contributed by atoms with Crippen molar-refractivity contribution in [2.24, 2.45) is 0 Å². The van der Waals surface area contributed by atoms with Gasteiger partial charge in [-0.2, -0.15) is 0 Å². The second-order valence-electron chi connectivity index (χ2n) is 4.25. The summed E-state index contributed by atoms with van der Waals surface area (Å²) in [6.45, 7) is 0. The van der Waals surface area contributed by atoms with E-state index in [1.54, 1.807) is 19.0 Å². The molecule has 1 heterocycles. The highest BCUT2D eigenvalue weighted by Crippen LogP contribution is 2.37. The van der Waals surface area contributed by atoms with Crippen LogP contribution >= 0.6 is 15.9 Å². The fraction of sp³-hybridized carbons (Fsp3) is 0.333. The van der Waals surface area contributed by atoms with Crippen LogP contribution in [0.5, 0.6) is 0 Å². The highest BCUT2D eigenvalue weighted by atomic mass is 79.9. The summed E-state index contributed by atoms with van der Waals surface area (Å²) in [6, 6.07) is 4.94. The number of carbonyl (C=O) groups is 2. The van der Waals surface area contributed by atoms with Gasteiger partial charge in [-0.25, -0.2) is 0 Å². The zero-order valence-electron chi connectivity index (χ0n) is 10.1. The summed E-state index contributed by atoms with van der Waals surface area (Å²) in [5.41, 5.74) is 1.63. The van der Waals surface area contributed by atoms with Crippen LogP contribution in [0.3, 0.4) is 0 Å². The van der Waals surface area contributed by atoms with Crippen LogP contribution in [0.1, 0.15) is 6.42 Å². The van der Waals surface area contributed by atoms with Crippen molar-refractivity contribution in [3.05, 3.63) is 22.7 Å². The van der Waals surface area contributed by atoms with E-state index in [4.69, 9.17) is 5.11 Å². The summed E-state index contributed by atoms with van der Waals surface area (Å²) in [7, 11) is 3.40. The number of hydrogen-bond donors (Lipinski definition) is 1. The first-order chi connectivity index (χ1) is 8.41. The highest BCUT2D eigenvalue weighted by Gasteiger charge is 2.35. The number of amides is 1. The third kappa shape index (κ3) is 2.08. The summed E-state index contributed by atoms with van der Waals surface area (Å²) < 4.78 is 0.881. The molecule has 1 aromatic carbocycles. The van der Waals surface area contributed by atoms with E-state index in [0.29, 0.717) is 0 Å². The Morgan fingerprint density at radius 2 is 2.06 bits per heavy atom. The quantitative estimate of drug-likeness (QED) is 0.903. The van der Waals surface area contributed by atoms with Crippen molar-refractivity contribution in [3.8, 4) is 0 Å². The number of rotatable bonds is 2. The number of likely N-dealkylation sites (N-methyl/N-ethyl adjacent to an activating group) is 2. The van der Waals surface area contributed by atoms with Gasteiger partial charge in [0.05, 0.1) is 17.8 Å². The van der Waals surface area contributed by atoms with Gasteiger partial charge in [-0.15, -0.1) is 0 Å². The number of hydrogen-bond acceptors (Lipinski definition) is 3. The maximum absolute atomic E-state index is 12.2. The standard InChI is InChI=1S/C12H13BrN2O3/c1-14-8-4-3-7(13)5-9(8)15(2)12(18)10(14)6-11(16)17/h3-5,10H,6H2,1-2H3,(H,16,17). The molecule has 1 aliphatic rings. The zero-order valence-corrected chi connectivity index (χ0v) is 11.6. The maximum Gasteiger partial charge on any atom is 0.305 e. The smallest absolute Gasteiger partial charge is 0.305 e. The van der Waals surface area contributed by atoms with Crippen LogP contribution < -0.4 is 9.80 Å². The van der Waals surface area contributed by atoms with Gasteiger partial charge in [0.25, 0.3) is 0 Å². The lowest BCUT2D eigenvalue weighted by Gasteiger charge is -2.39. The molecule has 0 aliphatic carbocycles. The van der Waals surface area contributed by atoms with Crippen LogP contribution in [0.4, 0.5) is 11.4 Å². The molecule has 1 N–H and O–H groups in total. The molecule has 18 heavy (non-hydrogen) atoms. The molecule has 0 aromatic heterocycles. The van der Waals surface area contributed by atoms with E-state index in [1.807, 2.05) is 18.2 Å². The average Bonchev–Trinajstić information content (AvgIpc) is 2.31. The van der Waals surface area contributed by atoms with Crippen LogP contribution in [-0.4, -0.2) is 37.1 Å². The van der Waals surface area contributed by atoms with Crippen molar-refractivity contribution >= 4 is 39.2 Å². The largest absolute Gasteiger partial charge is 0.481 e. The molecular weight excluding hydrogens is 300 g/mol. The molecule has 1 aliphatic heterocycles. The van der Waals surface area contributed by atoms with Crippen LogP contribution in [0.25, 0.3) is 0 Å². The minimum Gasteiger partial charge on any atom is -0.481 e. The van der Waals surface area contributed by atoms with Gasteiger partial charge in [-0.05, 0) is 18.2 Å². The number of benzene rings is 1. The molecule has 2 rings (SSSR count). The van der Waals surface area contributed by atoms with Crippen molar-refractivity contribution in [2.75, 3.05) is 23.9 Å². The Balaban J connectivity index is 2.46. The van der Waals surface area contributed by atoms with Crippen molar-refractivity contribution in [3.63, 3.8) is 0 Å². The molecule has 5 nitrogen and oxygen atoms in total. The van der Waals surface area contributed by atoms with Crippen LogP contribution in [0, 0.1) is 0 Å². The zero-order chi connectivity index (χ0) is 13.4. The lowest BCUT2D eigenvalue weighted by atomic mass is 10.0. The van der Waals surface area contributed by atoms with Crippen LogP contribution in [0.2, 0.25) is 0 Å². The third-order valence-corrected chi connectivity index (χ3v) is 3.62. The molecule has 0 spiro atoms. The lowest BCUT2D eigenvalue weighted by molar-refractivity contribution is -0.139. The molecule has 1 aromatic rings. The Kier molecular flexibility index (Phi) is 3.30. The fourth-order valence-electron chi connectivity index (χ4n) is 2.13. The predicted molar refractivity (Wildman–Crippen MR) is 72.0 cm³/mol. The lowest BCUT2D eigenvalue weighted by Crippen LogP contribution is -2.51. The second-order valence-corrected chi connectivity index (χ2v) is 5.17. The van der Waals surface area contributed by atoms with Gasteiger partial charge in [0.1, 0.15) is 6.04 Å². The molecule has 0 fully saturated rings. The van der Waals surface area contributed by atoms with E-state index in [-0.39, 0.29) is 12.3 Å². The molecule has 0 bridgehead atoms. The molecule has 0 saturated heterocycles. The number of anilines is 2. The van der Waals surface area contributed by atoms with Gasteiger partial charge >= 0.3 is 5.97 Å². The van der Waals surface area contributed by atoms with Gasteiger partial charge in [-0.3, -0.25) is 9.59 Å². The Bertz CT molecular complexity index is 518. The minimum atomic E-state index is -0.978. The van der Waals surface area contributed by atoms with Gasteiger partial charge in [0, 0.05) is 18.6 Å². The van der Waals surface area contributed by atoms with Crippen LogP contribution in [-0.2, 0) is 9.59 Å². The van der Waals surface area contributed by atoms with Gasteiger partial charge in [0.15, 0.2) is 0 Å². The molecule has 1 atom stereocenters. The normalized spacial score (nSPS) is 18.8. The molecule has 0 saturated carbocycles. The molecule has 96 valence electrons. The molecule has 0 radical (unpaired) electrons. The Labute approximate surface area is 113 Å². The predicted octanol–water partition coefficient (Wildman–Crippen LogP) is 1.70. The summed E-state index contributed by atoms with van der Waals surface area (Å²) in [4.78, 5) is 26.2. The average molecular weight is 313 g/mol. The first kappa shape index (κ1) is 12.9. The van der Waals surface area contributed by atoms with E-state index in [9.17, 15) is 9.59 Å². The summed E-state index contributed by atoms with van der Waals surface area (Å²) in [5.74, 6) is -1.18. The Morgan fingerprint density at radius 3 is 2.67 bits per heavy atom. The topological polar surface area (TPSA) is 60.9 Å². The van der Waals surface area contributed by atoms with Crippen molar-refractivity contribution in [2.45, 2.75) is 12.5 Å². The van der Waals surface area contributed by atoms with Gasteiger partial charge in [-0.1, -0.05) is 15.9 Å². The number of carboxylic acids is 1. The van der Waals surface area contributed by atoms with Crippen molar-refractivity contribution in [1.29, 1.82) is 0 Å². The van der Waals surface area contributed by atoms with Crippen molar-refractivity contribution in [1.82, 2.24) is 0 Å². The van der Waals surface area contributed by atoms with E-state index in [1.165, 1.54) is 4.90 Å². The molecule has 1 amide bonds. The van der Waals surface area contributed by atoms with E-state index in [0.717, 1.165) is 15.8 Å². The minimum absolute atomic E-state index is 0.199. The summed E-state index contributed by atoms with van der Waals surface area (Å²) >= 11 is 3.36. The Hall–Kier alpha value is -1.56. The number of carboxylic acid groups (broad SMARTS) is 1. The second kappa shape index (κ2) is 4.61.